The van der Waals surface area contributed by atoms with Crippen LogP contribution in [0.15, 0.2) is 22.6 Å². The molecule has 0 spiro atoms. The van der Waals surface area contributed by atoms with Crippen molar-refractivity contribution in [3.63, 3.8) is 0 Å². The van der Waals surface area contributed by atoms with Crippen LogP contribution >= 0.6 is 11.6 Å². The Balaban J connectivity index is 1.77. The number of likely N-dealkylation sites (tertiary alicyclic amines) is 1. The van der Waals surface area contributed by atoms with Crippen LogP contribution in [0.5, 0.6) is 5.75 Å². The molecule has 6 nitrogen and oxygen atoms in total. The largest absolute Gasteiger partial charge is 0.493 e. The SMILES string of the molecule is COc1cc(Cl)cc2cc(C(=O)N3CCC(C(O)CO)CC3)oc12. The molecule has 0 radical (unpaired) electrons. The van der Waals surface area contributed by atoms with Crippen molar-refractivity contribution < 1.29 is 24.2 Å². The van der Waals surface area contributed by atoms with E-state index in [0.717, 1.165) is 0 Å². The topological polar surface area (TPSA) is 83.1 Å². The van der Waals surface area contributed by atoms with Gasteiger partial charge in [0.15, 0.2) is 17.1 Å². The van der Waals surface area contributed by atoms with Gasteiger partial charge in [0.05, 0.1) is 19.8 Å². The van der Waals surface area contributed by atoms with Crippen molar-refractivity contribution in [2.24, 2.45) is 5.92 Å². The van der Waals surface area contributed by atoms with Crippen molar-refractivity contribution >= 4 is 28.5 Å². The molecule has 24 heavy (non-hydrogen) atoms. The molecule has 1 aromatic heterocycles. The van der Waals surface area contributed by atoms with Gasteiger partial charge in [-0.3, -0.25) is 4.79 Å². The Bertz CT molecular complexity index is 736. The molecule has 0 aliphatic carbocycles. The minimum absolute atomic E-state index is 0.0219. The van der Waals surface area contributed by atoms with E-state index in [9.17, 15) is 9.90 Å². The van der Waals surface area contributed by atoms with Crippen molar-refractivity contribution in [1.82, 2.24) is 4.90 Å². The molecular formula is C17H20ClNO5. The second-order valence-electron chi connectivity index (χ2n) is 6.02. The van der Waals surface area contributed by atoms with Gasteiger partial charge < -0.3 is 24.3 Å². The van der Waals surface area contributed by atoms with Crippen LogP contribution in [0.3, 0.4) is 0 Å². The fraction of sp³-hybridized carbons (Fsp3) is 0.471. The van der Waals surface area contributed by atoms with Crippen LogP contribution in [0.1, 0.15) is 23.4 Å². The maximum Gasteiger partial charge on any atom is 0.289 e. The summed E-state index contributed by atoms with van der Waals surface area (Å²) in [6.07, 6.45) is 0.589. The molecule has 1 aliphatic heterocycles. The van der Waals surface area contributed by atoms with Gasteiger partial charge in [-0.05, 0) is 30.9 Å². The first-order valence-electron chi connectivity index (χ1n) is 7.88. The molecule has 0 saturated carbocycles. The highest BCUT2D eigenvalue weighted by Crippen LogP contribution is 2.33. The zero-order valence-electron chi connectivity index (χ0n) is 13.4. The smallest absolute Gasteiger partial charge is 0.289 e. The van der Waals surface area contributed by atoms with E-state index in [1.165, 1.54) is 7.11 Å². The first kappa shape index (κ1) is 17.1. The molecule has 2 aromatic rings. The molecule has 2 heterocycles. The number of hydrogen-bond acceptors (Lipinski definition) is 5. The molecule has 1 saturated heterocycles. The number of ether oxygens (including phenoxy) is 1. The van der Waals surface area contributed by atoms with Crippen LogP contribution < -0.4 is 4.74 Å². The van der Waals surface area contributed by atoms with E-state index in [1.807, 2.05) is 0 Å². The van der Waals surface area contributed by atoms with Gasteiger partial charge in [-0.2, -0.15) is 0 Å². The third-order valence-electron chi connectivity index (χ3n) is 4.54. The molecule has 1 amide bonds. The second-order valence-corrected chi connectivity index (χ2v) is 6.45. The first-order valence-corrected chi connectivity index (χ1v) is 8.26. The summed E-state index contributed by atoms with van der Waals surface area (Å²) in [4.78, 5) is 14.3. The Hall–Kier alpha value is -1.76. The van der Waals surface area contributed by atoms with E-state index in [4.69, 9.17) is 25.9 Å². The van der Waals surface area contributed by atoms with Crippen LogP contribution in [0.4, 0.5) is 0 Å². The number of aliphatic hydroxyl groups excluding tert-OH is 2. The van der Waals surface area contributed by atoms with E-state index in [0.29, 0.717) is 47.7 Å². The quantitative estimate of drug-likeness (QED) is 0.881. The summed E-state index contributed by atoms with van der Waals surface area (Å²) in [7, 11) is 1.52. The molecule has 3 rings (SSSR count). The van der Waals surface area contributed by atoms with Crippen LogP contribution in [-0.2, 0) is 0 Å². The molecule has 0 bridgehead atoms. The molecular weight excluding hydrogens is 334 g/mol. The number of halogens is 1. The number of methoxy groups -OCH3 is 1. The molecule has 1 aromatic carbocycles. The van der Waals surface area contributed by atoms with E-state index in [2.05, 4.69) is 0 Å². The number of furan rings is 1. The lowest BCUT2D eigenvalue weighted by Crippen LogP contribution is -2.41. The Kier molecular flexibility index (Phi) is 4.99. The van der Waals surface area contributed by atoms with E-state index >= 15 is 0 Å². The van der Waals surface area contributed by atoms with E-state index < -0.39 is 6.10 Å². The van der Waals surface area contributed by atoms with Crippen LogP contribution in [0.2, 0.25) is 5.02 Å². The monoisotopic (exact) mass is 353 g/mol. The number of hydrogen-bond donors (Lipinski definition) is 2. The fourth-order valence-corrected chi connectivity index (χ4v) is 3.35. The standard InChI is InChI=1S/C17H20ClNO5/c1-23-14-8-12(18)6-11-7-15(24-16(11)14)17(22)19-4-2-10(3-5-19)13(21)9-20/h6-8,10,13,20-21H,2-5,9H2,1H3. The summed E-state index contributed by atoms with van der Waals surface area (Å²) in [5, 5.41) is 20.0. The Labute approximate surface area is 144 Å². The summed E-state index contributed by atoms with van der Waals surface area (Å²) in [5.41, 5.74) is 0.496. The fourth-order valence-electron chi connectivity index (χ4n) is 3.14. The van der Waals surface area contributed by atoms with E-state index in [1.54, 1.807) is 23.1 Å². The number of rotatable bonds is 4. The summed E-state index contributed by atoms with van der Waals surface area (Å²) in [5.74, 6) is 0.558. The van der Waals surface area contributed by atoms with Crippen LogP contribution in [0, 0.1) is 5.92 Å². The molecule has 1 fully saturated rings. The highest BCUT2D eigenvalue weighted by Gasteiger charge is 2.29. The van der Waals surface area contributed by atoms with Gasteiger partial charge in [-0.1, -0.05) is 11.6 Å². The number of aliphatic hydroxyl groups is 2. The Morgan fingerprint density at radius 3 is 2.75 bits per heavy atom. The second kappa shape index (κ2) is 7.01. The maximum atomic E-state index is 12.6. The molecule has 1 aliphatic rings. The number of benzene rings is 1. The zero-order chi connectivity index (χ0) is 17.3. The Morgan fingerprint density at radius 1 is 1.42 bits per heavy atom. The van der Waals surface area contributed by atoms with Gasteiger partial charge in [0.1, 0.15) is 0 Å². The number of carbonyl (C=O) groups excluding carboxylic acids is 1. The normalized spacial score (nSPS) is 17.2. The zero-order valence-corrected chi connectivity index (χ0v) is 14.1. The molecule has 2 N–H and O–H groups in total. The third-order valence-corrected chi connectivity index (χ3v) is 4.75. The summed E-state index contributed by atoms with van der Waals surface area (Å²) >= 11 is 6.04. The van der Waals surface area contributed by atoms with Gasteiger partial charge in [-0.15, -0.1) is 0 Å². The molecule has 1 atom stereocenters. The van der Waals surface area contributed by atoms with Gasteiger partial charge in [0.2, 0.25) is 0 Å². The number of amides is 1. The van der Waals surface area contributed by atoms with Crippen molar-refractivity contribution in [1.29, 1.82) is 0 Å². The first-order chi connectivity index (χ1) is 11.5. The van der Waals surface area contributed by atoms with Gasteiger partial charge >= 0.3 is 0 Å². The molecule has 1 unspecified atom stereocenters. The van der Waals surface area contributed by atoms with Crippen molar-refractivity contribution in [2.75, 3.05) is 26.8 Å². The lowest BCUT2D eigenvalue weighted by atomic mass is 9.91. The summed E-state index contributed by atoms with van der Waals surface area (Å²) in [6.45, 7) is 0.799. The minimum atomic E-state index is -0.722. The van der Waals surface area contributed by atoms with Gasteiger partial charge in [-0.25, -0.2) is 0 Å². The summed E-state index contributed by atoms with van der Waals surface area (Å²) in [6, 6.07) is 5.04. The van der Waals surface area contributed by atoms with E-state index in [-0.39, 0.29) is 24.2 Å². The third kappa shape index (κ3) is 3.22. The summed E-state index contributed by atoms with van der Waals surface area (Å²) < 4.78 is 10.9. The lowest BCUT2D eigenvalue weighted by Gasteiger charge is -2.33. The Morgan fingerprint density at radius 2 is 2.12 bits per heavy atom. The minimum Gasteiger partial charge on any atom is -0.493 e. The highest BCUT2D eigenvalue weighted by molar-refractivity contribution is 6.31. The highest BCUT2D eigenvalue weighted by atomic mass is 35.5. The predicted molar refractivity (Wildman–Crippen MR) is 89.5 cm³/mol. The number of piperidine rings is 1. The maximum absolute atomic E-state index is 12.6. The van der Waals surface area contributed by atoms with Crippen molar-refractivity contribution in [2.45, 2.75) is 18.9 Å². The number of nitrogens with zero attached hydrogens (tertiary/aromatic N) is 1. The molecule has 130 valence electrons. The molecule has 7 heteroatoms. The van der Waals surface area contributed by atoms with Gasteiger partial charge in [0, 0.05) is 29.6 Å². The van der Waals surface area contributed by atoms with Crippen molar-refractivity contribution in [3.05, 3.63) is 29.0 Å². The van der Waals surface area contributed by atoms with Crippen LogP contribution in [-0.4, -0.2) is 53.9 Å². The lowest BCUT2D eigenvalue weighted by molar-refractivity contribution is 0.0172. The number of fused-ring (bicyclic) bond motifs is 1. The number of carbonyl (C=O) groups is 1. The van der Waals surface area contributed by atoms with Crippen LogP contribution in [0.25, 0.3) is 11.0 Å². The predicted octanol–water partition coefficient (Wildman–Crippen LogP) is 2.30. The van der Waals surface area contributed by atoms with Gasteiger partial charge in [0.25, 0.3) is 5.91 Å². The average Bonchev–Trinajstić information content (AvgIpc) is 3.03. The van der Waals surface area contributed by atoms with Crippen molar-refractivity contribution in [3.8, 4) is 5.75 Å². The average molecular weight is 354 g/mol.